The van der Waals surface area contributed by atoms with E-state index < -0.39 is 5.54 Å². The van der Waals surface area contributed by atoms with Crippen LogP contribution in [0.3, 0.4) is 0 Å². The summed E-state index contributed by atoms with van der Waals surface area (Å²) >= 11 is 0. The number of nitrogens with zero attached hydrogens (tertiary/aromatic N) is 5. The minimum atomic E-state index is -0.785. The Bertz CT molecular complexity index is 752. The first kappa shape index (κ1) is 13.8. The molecule has 1 aromatic carbocycles. The number of anilines is 1. The molecule has 2 fully saturated rings. The van der Waals surface area contributed by atoms with Crippen LogP contribution in [0.2, 0.25) is 0 Å². The fourth-order valence-corrected chi connectivity index (χ4v) is 3.10. The molecule has 0 radical (unpaired) electrons. The lowest BCUT2D eigenvalue weighted by atomic mass is 9.88. The molecule has 0 atom stereocenters. The van der Waals surface area contributed by atoms with Crippen molar-refractivity contribution >= 4 is 17.6 Å². The summed E-state index contributed by atoms with van der Waals surface area (Å²) in [6.07, 6.45) is 2.65. The summed E-state index contributed by atoms with van der Waals surface area (Å²) in [6.45, 7) is 1.43. The molecule has 9 nitrogen and oxygen atoms in total. The smallest absolute Gasteiger partial charge is 0.323 e. The molecule has 0 unspecified atom stereocenters. The van der Waals surface area contributed by atoms with Crippen LogP contribution in [-0.4, -0.2) is 50.8 Å². The van der Waals surface area contributed by atoms with Crippen LogP contribution in [0.15, 0.2) is 30.6 Å². The van der Waals surface area contributed by atoms with Gasteiger partial charge >= 0.3 is 6.03 Å². The van der Waals surface area contributed by atoms with Crippen LogP contribution < -0.4 is 15.5 Å². The van der Waals surface area contributed by atoms with Gasteiger partial charge in [0.05, 0.1) is 11.4 Å². The van der Waals surface area contributed by atoms with Crippen molar-refractivity contribution in [3.8, 4) is 5.69 Å². The van der Waals surface area contributed by atoms with Crippen LogP contribution in [-0.2, 0) is 4.79 Å². The lowest BCUT2D eigenvalue weighted by Gasteiger charge is -2.31. The Kier molecular flexibility index (Phi) is 3.08. The van der Waals surface area contributed by atoms with Gasteiger partial charge in [0, 0.05) is 0 Å². The van der Waals surface area contributed by atoms with Crippen LogP contribution in [0.4, 0.5) is 10.5 Å². The first-order chi connectivity index (χ1) is 11.2. The van der Waals surface area contributed by atoms with Gasteiger partial charge in [-0.05, 0) is 54.6 Å². The van der Waals surface area contributed by atoms with Gasteiger partial charge in [0.2, 0.25) is 0 Å². The number of urea groups is 1. The Morgan fingerprint density at radius 3 is 2.65 bits per heavy atom. The van der Waals surface area contributed by atoms with E-state index in [1.54, 1.807) is 24.3 Å². The van der Waals surface area contributed by atoms with Gasteiger partial charge in [-0.25, -0.2) is 14.4 Å². The second-order valence-corrected chi connectivity index (χ2v) is 5.68. The van der Waals surface area contributed by atoms with Crippen molar-refractivity contribution < 1.29 is 9.59 Å². The summed E-state index contributed by atoms with van der Waals surface area (Å²) in [5.74, 6) is -0.196. The number of rotatable bonds is 2. The largest absolute Gasteiger partial charge is 0.329 e. The summed E-state index contributed by atoms with van der Waals surface area (Å²) in [6, 6.07) is 6.63. The highest BCUT2D eigenvalue weighted by Crippen LogP contribution is 2.31. The summed E-state index contributed by atoms with van der Waals surface area (Å²) in [5.41, 5.74) is 0.405. The standard InChI is InChI=1S/C14H15N7O2/c22-12-14(4-6-15-7-5-14)17-13(23)21(12)11-3-1-2-10(8-11)20-9-16-18-19-20/h1-3,8-9,15H,4-7H2,(H,17,23). The summed E-state index contributed by atoms with van der Waals surface area (Å²) in [4.78, 5) is 26.4. The first-order valence-corrected chi connectivity index (χ1v) is 7.40. The third-order valence-corrected chi connectivity index (χ3v) is 4.32. The van der Waals surface area contributed by atoms with Gasteiger partial charge in [0.15, 0.2) is 0 Å². The Balaban J connectivity index is 1.69. The van der Waals surface area contributed by atoms with Crippen molar-refractivity contribution in [1.82, 2.24) is 30.8 Å². The van der Waals surface area contributed by atoms with E-state index in [2.05, 4.69) is 26.2 Å². The first-order valence-electron chi connectivity index (χ1n) is 7.40. The maximum Gasteiger partial charge on any atom is 0.329 e. The highest BCUT2D eigenvalue weighted by Gasteiger charge is 2.51. The molecule has 3 heterocycles. The predicted molar refractivity (Wildman–Crippen MR) is 80.0 cm³/mol. The van der Waals surface area contributed by atoms with Crippen molar-refractivity contribution in [3.05, 3.63) is 30.6 Å². The number of imide groups is 1. The molecule has 2 saturated heterocycles. The fourth-order valence-electron chi connectivity index (χ4n) is 3.10. The molecule has 1 aromatic heterocycles. The Labute approximate surface area is 131 Å². The van der Waals surface area contributed by atoms with Gasteiger partial charge in [0.1, 0.15) is 11.9 Å². The molecule has 2 aliphatic heterocycles. The van der Waals surface area contributed by atoms with Crippen LogP contribution in [0, 0.1) is 0 Å². The quantitative estimate of drug-likeness (QED) is 0.747. The van der Waals surface area contributed by atoms with Crippen LogP contribution in [0.5, 0.6) is 0 Å². The number of amides is 3. The second-order valence-electron chi connectivity index (χ2n) is 5.68. The molecular weight excluding hydrogens is 298 g/mol. The van der Waals surface area contributed by atoms with Crippen LogP contribution in [0.25, 0.3) is 5.69 Å². The minimum Gasteiger partial charge on any atom is -0.323 e. The number of piperidine rings is 1. The molecule has 0 bridgehead atoms. The molecule has 4 rings (SSSR count). The monoisotopic (exact) mass is 313 g/mol. The molecule has 3 amide bonds. The van der Waals surface area contributed by atoms with E-state index in [0.29, 0.717) is 37.3 Å². The number of carbonyl (C=O) groups excluding carboxylic acids is 2. The highest BCUT2D eigenvalue weighted by molar-refractivity contribution is 6.23. The van der Waals surface area contributed by atoms with Gasteiger partial charge < -0.3 is 10.6 Å². The lowest BCUT2D eigenvalue weighted by Crippen LogP contribution is -2.53. The SMILES string of the molecule is O=C1NC2(CCNCC2)C(=O)N1c1cccc(-n2cnnn2)c1. The number of benzene rings is 1. The van der Waals surface area contributed by atoms with Crippen molar-refractivity contribution in [2.75, 3.05) is 18.0 Å². The molecule has 0 aliphatic carbocycles. The number of hydrogen-bond donors (Lipinski definition) is 2. The summed E-state index contributed by atoms with van der Waals surface area (Å²) in [7, 11) is 0. The van der Waals surface area contributed by atoms with E-state index in [1.165, 1.54) is 15.9 Å². The third kappa shape index (κ3) is 2.16. The lowest BCUT2D eigenvalue weighted by molar-refractivity contribution is -0.122. The van der Waals surface area contributed by atoms with Crippen LogP contribution in [0.1, 0.15) is 12.8 Å². The third-order valence-electron chi connectivity index (χ3n) is 4.32. The minimum absolute atomic E-state index is 0.196. The number of carbonyl (C=O) groups is 2. The van der Waals surface area contributed by atoms with Gasteiger partial charge in [0.25, 0.3) is 5.91 Å². The topological polar surface area (TPSA) is 105 Å². The maximum atomic E-state index is 12.9. The van der Waals surface area contributed by atoms with E-state index in [4.69, 9.17) is 0 Å². The zero-order valence-electron chi connectivity index (χ0n) is 12.3. The summed E-state index contributed by atoms with van der Waals surface area (Å²) in [5, 5.41) is 17.1. The molecule has 2 aromatic rings. The van der Waals surface area contributed by atoms with Crippen molar-refractivity contribution in [2.24, 2.45) is 0 Å². The maximum absolute atomic E-state index is 12.9. The summed E-state index contributed by atoms with van der Waals surface area (Å²) < 4.78 is 1.47. The molecule has 1 spiro atoms. The number of nitrogens with one attached hydrogen (secondary N) is 2. The van der Waals surface area contributed by atoms with E-state index in [-0.39, 0.29) is 11.9 Å². The molecule has 118 valence electrons. The van der Waals surface area contributed by atoms with Crippen molar-refractivity contribution in [2.45, 2.75) is 18.4 Å². The van der Waals surface area contributed by atoms with Gasteiger partial charge in [-0.1, -0.05) is 6.07 Å². The van der Waals surface area contributed by atoms with E-state index in [1.807, 2.05) is 0 Å². The number of tetrazole rings is 1. The average molecular weight is 313 g/mol. The van der Waals surface area contributed by atoms with E-state index in [9.17, 15) is 9.59 Å². The Morgan fingerprint density at radius 1 is 1.13 bits per heavy atom. The molecule has 9 heteroatoms. The van der Waals surface area contributed by atoms with Gasteiger partial charge in [-0.2, -0.15) is 0 Å². The zero-order chi connectivity index (χ0) is 15.9. The Hall–Kier alpha value is -2.81. The molecule has 0 saturated carbocycles. The second kappa shape index (κ2) is 5.13. The number of hydrogen-bond acceptors (Lipinski definition) is 6. The normalized spacial score (nSPS) is 20.1. The van der Waals surface area contributed by atoms with Crippen LogP contribution >= 0.6 is 0 Å². The van der Waals surface area contributed by atoms with Gasteiger partial charge in [-0.3, -0.25) is 4.79 Å². The molecule has 2 N–H and O–H groups in total. The molecular formula is C14H15N7O2. The van der Waals surface area contributed by atoms with E-state index in [0.717, 1.165) is 0 Å². The zero-order valence-corrected chi connectivity index (χ0v) is 12.3. The molecule has 23 heavy (non-hydrogen) atoms. The highest BCUT2D eigenvalue weighted by atomic mass is 16.2. The van der Waals surface area contributed by atoms with Crippen molar-refractivity contribution in [1.29, 1.82) is 0 Å². The number of aromatic nitrogens is 4. The van der Waals surface area contributed by atoms with Crippen molar-refractivity contribution in [3.63, 3.8) is 0 Å². The predicted octanol–water partition coefficient (Wildman–Crippen LogP) is -0.159. The average Bonchev–Trinajstić information content (AvgIpc) is 3.17. The molecule has 2 aliphatic rings. The fraction of sp³-hybridized carbons (Fsp3) is 0.357. The van der Waals surface area contributed by atoms with E-state index >= 15 is 0 Å². The Morgan fingerprint density at radius 2 is 1.91 bits per heavy atom. The van der Waals surface area contributed by atoms with Gasteiger partial charge in [-0.15, -0.1) is 5.10 Å².